The topological polar surface area (TPSA) is 78.4 Å². The SMILES string of the molecule is Nc1cc(COCC2CCCC2)ccc1[N+](=O)[O-]. The highest BCUT2D eigenvalue weighted by molar-refractivity contribution is 5.59. The highest BCUT2D eigenvalue weighted by Crippen LogP contribution is 2.26. The second-order valence-corrected chi connectivity index (χ2v) is 4.82. The zero-order chi connectivity index (χ0) is 13.0. The van der Waals surface area contributed by atoms with Crippen LogP contribution in [0.4, 0.5) is 11.4 Å². The minimum absolute atomic E-state index is 0.0467. The molecule has 5 nitrogen and oxygen atoms in total. The molecule has 1 aliphatic rings. The van der Waals surface area contributed by atoms with Crippen LogP contribution in [0.2, 0.25) is 0 Å². The number of hydrogen-bond acceptors (Lipinski definition) is 4. The molecule has 2 N–H and O–H groups in total. The van der Waals surface area contributed by atoms with Gasteiger partial charge in [-0.3, -0.25) is 10.1 Å². The van der Waals surface area contributed by atoms with Crippen LogP contribution in [0, 0.1) is 16.0 Å². The van der Waals surface area contributed by atoms with Crippen LogP contribution in [0.15, 0.2) is 18.2 Å². The molecule has 5 heteroatoms. The van der Waals surface area contributed by atoms with E-state index < -0.39 is 4.92 Å². The molecule has 0 aromatic heterocycles. The predicted molar refractivity (Wildman–Crippen MR) is 69.1 cm³/mol. The molecule has 0 spiro atoms. The van der Waals surface area contributed by atoms with Gasteiger partial charge in [0.25, 0.3) is 5.69 Å². The summed E-state index contributed by atoms with van der Waals surface area (Å²) in [5, 5.41) is 10.6. The van der Waals surface area contributed by atoms with Crippen LogP contribution in [0.5, 0.6) is 0 Å². The molecule has 0 heterocycles. The zero-order valence-corrected chi connectivity index (χ0v) is 10.3. The number of nitrogens with zero attached hydrogens (tertiary/aromatic N) is 1. The van der Waals surface area contributed by atoms with Crippen molar-refractivity contribution in [3.8, 4) is 0 Å². The Balaban J connectivity index is 1.85. The van der Waals surface area contributed by atoms with Gasteiger partial charge in [0.15, 0.2) is 0 Å². The van der Waals surface area contributed by atoms with Crippen molar-refractivity contribution in [3.05, 3.63) is 33.9 Å². The minimum atomic E-state index is -0.474. The van der Waals surface area contributed by atoms with E-state index in [-0.39, 0.29) is 11.4 Å². The van der Waals surface area contributed by atoms with E-state index in [0.717, 1.165) is 12.2 Å². The first-order chi connectivity index (χ1) is 8.66. The van der Waals surface area contributed by atoms with E-state index in [4.69, 9.17) is 10.5 Å². The monoisotopic (exact) mass is 250 g/mol. The fourth-order valence-corrected chi connectivity index (χ4v) is 2.38. The molecule has 0 aliphatic heterocycles. The Labute approximate surface area is 106 Å². The Morgan fingerprint density at radius 1 is 1.39 bits per heavy atom. The first-order valence-corrected chi connectivity index (χ1v) is 6.27. The molecule has 0 atom stereocenters. The molecule has 0 unspecified atom stereocenters. The number of anilines is 1. The van der Waals surface area contributed by atoms with Crippen LogP contribution in [-0.2, 0) is 11.3 Å². The van der Waals surface area contributed by atoms with Crippen molar-refractivity contribution in [3.63, 3.8) is 0 Å². The van der Waals surface area contributed by atoms with Gasteiger partial charge < -0.3 is 10.5 Å². The van der Waals surface area contributed by atoms with E-state index in [1.165, 1.54) is 31.7 Å². The maximum Gasteiger partial charge on any atom is 0.292 e. The first-order valence-electron chi connectivity index (χ1n) is 6.27. The lowest BCUT2D eigenvalue weighted by Crippen LogP contribution is -2.05. The third kappa shape index (κ3) is 3.20. The van der Waals surface area contributed by atoms with Crippen LogP contribution < -0.4 is 5.73 Å². The quantitative estimate of drug-likeness (QED) is 0.495. The average molecular weight is 250 g/mol. The number of nitrogen functional groups attached to an aromatic ring is 1. The van der Waals surface area contributed by atoms with Gasteiger partial charge in [0.1, 0.15) is 5.69 Å². The number of nitrogens with two attached hydrogens (primary N) is 1. The second-order valence-electron chi connectivity index (χ2n) is 4.82. The number of nitro groups is 1. The molecule has 0 amide bonds. The highest BCUT2D eigenvalue weighted by Gasteiger charge is 2.15. The molecule has 1 aliphatic carbocycles. The van der Waals surface area contributed by atoms with Gasteiger partial charge in [0, 0.05) is 12.7 Å². The van der Waals surface area contributed by atoms with Gasteiger partial charge in [0.2, 0.25) is 0 Å². The molecule has 0 saturated heterocycles. The molecule has 1 aromatic carbocycles. The van der Waals surface area contributed by atoms with Gasteiger partial charge >= 0.3 is 0 Å². The number of benzene rings is 1. The molecule has 2 rings (SSSR count). The van der Waals surface area contributed by atoms with Crippen LogP contribution >= 0.6 is 0 Å². The Morgan fingerprint density at radius 3 is 2.72 bits per heavy atom. The third-order valence-electron chi connectivity index (χ3n) is 3.39. The van der Waals surface area contributed by atoms with E-state index >= 15 is 0 Å². The Kier molecular flexibility index (Phi) is 4.15. The lowest BCUT2D eigenvalue weighted by Gasteiger charge is -2.10. The van der Waals surface area contributed by atoms with Crippen molar-refractivity contribution < 1.29 is 9.66 Å². The standard InChI is InChI=1S/C13H18N2O3/c14-12-7-11(5-6-13(12)15(16)17)9-18-8-10-3-1-2-4-10/h5-7,10H,1-4,8-9,14H2. The average Bonchev–Trinajstić information content (AvgIpc) is 2.81. The van der Waals surface area contributed by atoms with Crippen LogP contribution in [-0.4, -0.2) is 11.5 Å². The normalized spacial score (nSPS) is 16.0. The van der Waals surface area contributed by atoms with E-state index in [1.54, 1.807) is 12.1 Å². The molecule has 18 heavy (non-hydrogen) atoms. The predicted octanol–water partition coefficient (Wildman–Crippen LogP) is 2.88. The van der Waals surface area contributed by atoms with Gasteiger partial charge in [-0.2, -0.15) is 0 Å². The Bertz CT molecular complexity index is 428. The summed E-state index contributed by atoms with van der Waals surface area (Å²) in [7, 11) is 0. The van der Waals surface area contributed by atoms with Crippen molar-refractivity contribution in [2.75, 3.05) is 12.3 Å². The molecule has 98 valence electrons. The summed E-state index contributed by atoms with van der Waals surface area (Å²) in [6.45, 7) is 1.25. The highest BCUT2D eigenvalue weighted by atomic mass is 16.6. The van der Waals surface area contributed by atoms with Gasteiger partial charge in [-0.15, -0.1) is 0 Å². The van der Waals surface area contributed by atoms with E-state index in [1.807, 2.05) is 0 Å². The molecule has 0 radical (unpaired) electrons. The van der Waals surface area contributed by atoms with E-state index in [0.29, 0.717) is 12.5 Å². The zero-order valence-electron chi connectivity index (χ0n) is 10.3. The fourth-order valence-electron chi connectivity index (χ4n) is 2.38. The largest absolute Gasteiger partial charge is 0.393 e. The first kappa shape index (κ1) is 12.8. The number of rotatable bonds is 5. The molecular weight excluding hydrogens is 232 g/mol. The fraction of sp³-hybridized carbons (Fsp3) is 0.538. The molecular formula is C13H18N2O3. The maximum absolute atomic E-state index is 10.6. The van der Waals surface area contributed by atoms with Crippen LogP contribution in [0.25, 0.3) is 0 Å². The smallest absolute Gasteiger partial charge is 0.292 e. The van der Waals surface area contributed by atoms with Gasteiger partial charge in [-0.25, -0.2) is 0 Å². The summed E-state index contributed by atoms with van der Waals surface area (Å²) >= 11 is 0. The van der Waals surface area contributed by atoms with Crippen molar-refractivity contribution in [2.24, 2.45) is 5.92 Å². The molecule has 1 saturated carbocycles. The summed E-state index contributed by atoms with van der Waals surface area (Å²) in [5.41, 5.74) is 6.65. The molecule has 0 bridgehead atoms. The third-order valence-corrected chi connectivity index (χ3v) is 3.39. The number of hydrogen-bond donors (Lipinski definition) is 1. The van der Waals surface area contributed by atoms with Crippen LogP contribution in [0.3, 0.4) is 0 Å². The van der Waals surface area contributed by atoms with Crippen molar-refractivity contribution in [2.45, 2.75) is 32.3 Å². The Hall–Kier alpha value is -1.62. The van der Waals surface area contributed by atoms with Gasteiger partial charge in [-0.05, 0) is 36.5 Å². The van der Waals surface area contributed by atoms with E-state index in [9.17, 15) is 10.1 Å². The molecule has 1 fully saturated rings. The van der Waals surface area contributed by atoms with E-state index in [2.05, 4.69) is 0 Å². The van der Waals surface area contributed by atoms with Gasteiger partial charge in [-0.1, -0.05) is 12.8 Å². The summed E-state index contributed by atoms with van der Waals surface area (Å²) in [4.78, 5) is 10.1. The maximum atomic E-state index is 10.6. The summed E-state index contributed by atoms with van der Waals surface area (Å²) in [6, 6.07) is 4.75. The minimum Gasteiger partial charge on any atom is -0.393 e. The number of ether oxygens (including phenoxy) is 1. The number of nitro benzene ring substituents is 1. The van der Waals surface area contributed by atoms with Crippen molar-refractivity contribution in [1.29, 1.82) is 0 Å². The van der Waals surface area contributed by atoms with Crippen molar-refractivity contribution in [1.82, 2.24) is 0 Å². The lowest BCUT2D eigenvalue weighted by molar-refractivity contribution is -0.383. The summed E-state index contributed by atoms with van der Waals surface area (Å²) < 4.78 is 5.63. The molecule has 1 aromatic rings. The van der Waals surface area contributed by atoms with Gasteiger partial charge in [0.05, 0.1) is 11.5 Å². The summed E-state index contributed by atoms with van der Waals surface area (Å²) in [6.07, 6.45) is 5.11. The summed E-state index contributed by atoms with van der Waals surface area (Å²) in [5.74, 6) is 0.681. The second kappa shape index (κ2) is 5.82. The van der Waals surface area contributed by atoms with Crippen molar-refractivity contribution >= 4 is 11.4 Å². The lowest BCUT2D eigenvalue weighted by atomic mass is 10.1. The Morgan fingerprint density at radius 2 is 2.11 bits per heavy atom. The van der Waals surface area contributed by atoms with Crippen LogP contribution in [0.1, 0.15) is 31.2 Å².